The predicted octanol–water partition coefficient (Wildman–Crippen LogP) is 2.60. The first-order valence-corrected chi connectivity index (χ1v) is 6.38. The summed E-state index contributed by atoms with van der Waals surface area (Å²) < 4.78 is 11.4. The number of ether oxygens (including phenoxy) is 2. The third-order valence-electron chi connectivity index (χ3n) is 3.10. The molecule has 0 atom stereocenters. The number of hydrogen-bond donors (Lipinski definition) is 1. The molecule has 1 saturated carbocycles. The molecular formula is C14H21NO2. The molecule has 3 nitrogen and oxygen atoms in total. The van der Waals surface area contributed by atoms with E-state index in [1.54, 1.807) is 0 Å². The van der Waals surface area contributed by atoms with Gasteiger partial charge < -0.3 is 14.8 Å². The molecule has 3 heteroatoms. The average Bonchev–Trinajstić information content (AvgIpc) is 2.32. The van der Waals surface area contributed by atoms with E-state index in [0.717, 1.165) is 37.4 Å². The van der Waals surface area contributed by atoms with Crippen LogP contribution < -0.4 is 14.8 Å². The van der Waals surface area contributed by atoms with Gasteiger partial charge in [-0.15, -0.1) is 0 Å². The molecule has 0 heterocycles. The molecule has 0 bridgehead atoms. The quantitative estimate of drug-likeness (QED) is 0.822. The lowest BCUT2D eigenvalue weighted by molar-refractivity contribution is 0.0884. The van der Waals surface area contributed by atoms with Crippen molar-refractivity contribution < 1.29 is 9.47 Å². The van der Waals surface area contributed by atoms with Crippen molar-refractivity contribution in [2.45, 2.75) is 38.3 Å². The summed E-state index contributed by atoms with van der Waals surface area (Å²) in [4.78, 5) is 0. The first kappa shape index (κ1) is 12.2. The van der Waals surface area contributed by atoms with Crippen molar-refractivity contribution in [3.63, 3.8) is 0 Å². The minimum atomic E-state index is 0.370. The van der Waals surface area contributed by atoms with Crippen molar-refractivity contribution in [2.75, 3.05) is 13.7 Å². The van der Waals surface area contributed by atoms with E-state index in [4.69, 9.17) is 9.47 Å². The maximum Gasteiger partial charge on any atom is 0.119 e. The van der Waals surface area contributed by atoms with Crippen LogP contribution in [-0.4, -0.2) is 25.8 Å². The maximum absolute atomic E-state index is 5.85. The van der Waals surface area contributed by atoms with Gasteiger partial charge in [0.2, 0.25) is 0 Å². The topological polar surface area (TPSA) is 30.5 Å². The predicted molar refractivity (Wildman–Crippen MR) is 68.7 cm³/mol. The summed E-state index contributed by atoms with van der Waals surface area (Å²) in [7, 11) is 2.00. The Labute approximate surface area is 103 Å². The highest BCUT2D eigenvalue weighted by atomic mass is 16.5. The van der Waals surface area contributed by atoms with E-state index >= 15 is 0 Å². The van der Waals surface area contributed by atoms with Gasteiger partial charge in [-0.05, 0) is 50.6 Å². The largest absolute Gasteiger partial charge is 0.494 e. The average molecular weight is 235 g/mol. The van der Waals surface area contributed by atoms with Gasteiger partial charge in [0.1, 0.15) is 17.6 Å². The lowest BCUT2D eigenvalue weighted by Gasteiger charge is -2.35. The Kier molecular flexibility index (Phi) is 4.26. The van der Waals surface area contributed by atoms with Crippen molar-refractivity contribution in [1.82, 2.24) is 5.32 Å². The summed E-state index contributed by atoms with van der Waals surface area (Å²) in [6, 6.07) is 8.54. The van der Waals surface area contributed by atoms with Gasteiger partial charge in [0.15, 0.2) is 0 Å². The van der Waals surface area contributed by atoms with Gasteiger partial charge in [0.05, 0.1) is 6.61 Å². The van der Waals surface area contributed by atoms with E-state index in [1.165, 1.54) is 0 Å². The van der Waals surface area contributed by atoms with E-state index < -0.39 is 0 Å². The van der Waals surface area contributed by atoms with Crippen LogP contribution in [0.1, 0.15) is 26.2 Å². The second-order valence-electron chi connectivity index (χ2n) is 4.52. The smallest absolute Gasteiger partial charge is 0.119 e. The lowest BCUT2D eigenvalue weighted by atomic mass is 9.89. The number of rotatable bonds is 6. The first-order valence-electron chi connectivity index (χ1n) is 6.38. The molecule has 0 saturated heterocycles. The SMILES string of the molecule is CCCOc1ccc(OC2CC(NC)C2)cc1. The molecule has 1 aromatic rings. The van der Waals surface area contributed by atoms with E-state index in [9.17, 15) is 0 Å². The van der Waals surface area contributed by atoms with Gasteiger partial charge in [0, 0.05) is 6.04 Å². The third-order valence-corrected chi connectivity index (χ3v) is 3.10. The zero-order chi connectivity index (χ0) is 12.1. The second kappa shape index (κ2) is 5.92. The molecule has 0 spiro atoms. The van der Waals surface area contributed by atoms with E-state index in [-0.39, 0.29) is 0 Å². The van der Waals surface area contributed by atoms with Gasteiger partial charge in [-0.3, -0.25) is 0 Å². The van der Waals surface area contributed by atoms with Crippen molar-refractivity contribution in [3.8, 4) is 11.5 Å². The number of benzene rings is 1. The molecule has 0 amide bonds. The molecule has 1 N–H and O–H groups in total. The van der Waals surface area contributed by atoms with Crippen LogP contribution in [0.3, 0.4) is 0 Å². The molecular weight excluding hydrogens is 214 g/mol. The van der Waals surface area contributed by atoms with Crippen LogP contribution in [0, 0.1) is 0 Å². The molecule has 17 heavy (non-hydrogen) atoms. The van der Waals surface area contributed by atoms with Crippen molar-refractivity contribution >= 4 is 0 Å². The Bertz CT molecular complexity index is 331. The number of nitrogens with one attached hydrogen (secondary N) is 1. The molecule has 2 rings (SSSR count). The highest BCUT2D eigenvalue weighted by molar-refractivity contribution is 5.31. The summed E-state index contributed by atoms with van der Waals surface area (Å²) in [5.41, 5.74) is 0. The van der Waals surface area contributed by atoms with Gasteiger partial charge in [-0.1, -0.05) is 6.92 Å². The maximum atomic E-state index is 5.85. The van der Waals surface area contributed by atoms with Crippen LogP contribution in [0.4, 0.5) is 0 Å². The van der Waals surface area contributed by atoms with Crippen LogP contribution in [0.25, 0.3) is 0 Å². The Morgan fingerprint density at radius 3 is 2.41 bits per heavy atom. The second-order valence-corrected chi connectivity index (χ2v) is 4.52. The Morgan fingerprint density at radius 1 is 1.18 bits per heavy atom. The fourth-order valence-corrected chi connectivity index (χ4v) is 1.92. The fourth-order valence-electron chi connectivity index (χ4n) is 1.92. The highest BCUT2D eigenvalue weighted by Crippen LogP contribution is 2.26. The molecule has 1 fully saturated rings. The van der Waals surface area contributed by atoms with Crippen molar-refractivity contribution in [3.05, 3.63) is 24.3 Å². The van der Waals surface area contributed by atoms with Crippen LogP contribution in [-0.2, 0) is 0 Å². The fraction of sp³-hybridized carbons (Fsp3) is 0.571. The summed E-state index contributed by atoms with van der Waals surface area (Å²) in [6.07, 6.45) is 3.61. The number of hydrogen-bond acceptors (Lipinski definition) is 3. The van der Waals surface area contributed by atoms with E-state index in [2.05, 4.69) is 12.2 Å². The zero-order valence-electron chi connectivity index (χ0n) is 10.6. The van der Waals surface area contributed by atoms with Gasteiger partial charge in [0.25, 0.3) is 0 Å². The van der Waals surface area contributed by atoms with E-state index in [0.29, 0.717) is 12.1 Å². The Morgan fingerprint density at radius 2 is 1.82 bits per heavy atom. The van der Waals surface area contributed by atoms with E-state index in [1.807, 2.05) is 31.3 Å². The summed E-state index contributed by atoms with van der Waals surface area (Å²) >= 11 is 0. The lowest BCUT2D eigenvalue weighted by Crippen LogP contribution is -2.45. The Hall–Kier alpha value is -1.22. The van der Waals surface area contributed by atoms with Crippen LogP contribution in [0.15, 0.2) is 24.3 Å². The molecule has 94 valence electrons. The molecule has 1 aromatic carbocycles. The standard InChI is InChI=1S/C14H21NO2/c1-3-8-16-12-4-6-13(7-5-12)17-14-9-11(10-14)15-2/h4-7,11,14-15H,3,8-10H2,1-2H3. The summed E-state index contributed by atoms with van der Waals surface area (Å²) in [5.74, 6) is 1.86. The summed E-state index contributed by atoms with van der Waals surface area (Å²) in [6.45, 7) is 2.87. The first-order chi connectivity index (χ1) is 8.31. The Balaban J connectivity index is 1.78. The van der Waals surface area contributed by atoms with Crippen molar-refractivity contribution in [1.29, 1.82) is 0 Å². The summed E-state index contributed by atoms with van der Waals surface area (Å²) in [5, 5.41) is 3.25. The molecule has 0 aromatic heterocycles. The van der Waals surface area contributed by atoms with Gasteiger partial charge in [-0.25, -0.2) is 0 Å². The zero-order valence-corrected chi connectivity index (χ0v) is 10.6. The molecule has 1 aliphatic rings. The third kappa shape index (κ3) is 3.37. The highest BCUT2D eigenvalue weighted by Gasteiger charge is 2.29. The normalized spacial score (nSPS) is 22.9. The minimum absolute atomic E-state index is 0.370. The monoisotopic (exact) mass is 235 g/mol. The molecule has 0 aliphatic heterocycles. The van der Waals surface area contributed by atoms with Crippen molar-refractivity contribution in [2.24, 2.45) is 0 Å². The van der Waals surface area contributed by atoms with Gasteiger partial charge in [-0.2, -0.15) is 0 Å². The molecule has 1 aliphatic carbocycles. The van der Waals surface area contributed by atoms with Gasteiger partial charge >= 0.3 is 0 Å². The van der Waals surface area contributed by atoms with Crippen LogP contribution >= 0.6 is 0 Å². The van der Waals surface area contributed by atoms with Crippen LogP contribution in [0.2, 0.25) is 0 Å². The van der Waals surface area contributed by atoms with Crippen LogP contribution in [0.5, 0.6) is 11.5 Å². The molecule has 0 unspecified atom stereocenters. The minimum Gasteiger partial charge on any atom is -0.494 e. The molecule has 0 radical (unpaired) electrons.